The Morgan fingerprint density at radius 3 is 2.16 bits per heavy atom. The third kappa shape index (κ3) is 7.66. The first-order valence-electron chi connectivity index (χ1n) is 15.4. The number of nitrogens with zero attached hydrogens (tertiary/aromatic N) is 1. The van der Waals surface area contributed by atoms with Gasteiger partial charge in [-0.2, -0.15) is 4.31 Å². The molecule has 0 heterocycles. The van der Waals surface area contributed by atoms with Crippen LogP contribution in [0.2, 0.25) is 0 Å². The van der Waals surface area contributed by atoms with Crippen LogP contribution in [0.3, 0.4) is 0 Å². The van der Waals surface area contributed by atoms with Gasteiger partial charge in [-0.1, -0.05) is 102 Å². The van der Waals surface area contributed by atoms with Crippen molar-refractivity contribution in [3.8, 4) is 5.75 Å². The fraction of sp³-hybridized carbons (Fsp3) is 0.405. The van der Waals surface area contributed by atoms with Crippen LogP contribution < -0.4 is 4.74 Å². The number of benzene rings is 4. The molecule has 0 amide bonds. The molecule has 4 aromatic carbocycles. The number of ether oxygens (including phenoxy) is 1. The molecule has 0 N–H and O–H groups in total. The second kappa shape index (κ2) is 13.6. The van der Waals surface area contributed by atoms with E-state index in [1.54, 1.807) is 24.3 Å². The van der Waals surface area contributed by atoms with Crippen LogP contribution in [0.1, 0.15) is 83.9 Å². The second-order valence-electron chi connectivity index (χ2n) is 12.7. The van der Waals surface area contributed by atoms with E-state index in [0.717, 1.165) is 29.5 Å². The van der Waals surface area contributed by atoms with Gasteiger partial charge in [-0.25, -0.2) is 12.8 Å². The van der Waals surface area contributed by atoms with Gasteiger partial charge in [0.05, 0.1) is 11.5 Å². The highest BCUT2D eigenvalue weighted by molar-refractivity contribution is 7.89. The number of rotatable bonds is 14. The average molecular weight is 604 g/mol. The molecule has 0 spiro atoms. The molecule has 0 fully saturated rings. The van der Waals surface area contributed by atoms with Crippen LogP contribution in [0.5, 0.6) is 5.75 Å². The summed E-state index contributed by atoms with van der Waals surface area (Å²) in [6.07, 6.45) is 3.36. The summed E-state index contributed by atoms with van der Waals surface area (Å²) in [5.41, 5.74) is 3.32. The maximum Gasteiger partial charge on any atom is 0.243 e. The Morgan fingerprint density at radius 2 is 1.47 bits per heavy atom. The van der Waals surface area contributed by atoms with Crippen molar-refractivity contribution < 1.29 is 17.5 Å². The summed E-state index contributed by atoms with van der Waals surface area (Å²) in [6, 6.07) is 25.5. The summed E-state index contributed by atoms with van der Waals surface area (Å²) in [4.78, 5) is 0.283. The molecule has 0 aliphatic heterocycles. The number of unbranched alkanes of at least 4 members (excludes halogenated alkanes) is 1. The number of fused-ring (bicyclic) bond motifs is 1. The third-order valence-corrected chi connectivity index (χ3v) is 10.9. The quantitative estimate of drug-likeness (QED) is 0.135. The lowest BCUT2D eigenvalue weighted by Crippen LogP contribution is -2.32. The van der Waals surface area contributed by atoms with Crippen LogP contribution in [0.25, 0.3) is 10.8 Å². The first kappa shape index (κ1) is 32.7. The van der Waals surface area contributed by atoms with Gasteiger partial charge in [-0.15, -0.1) is 0 Å². The van der Waals surface area contributed by atoms with Crippen LogP contribution in [0.15, 0.2) is 89.8 Å². The largest absolute Gasteiger partial charge is 0.493 e. The lowest BCUT2D eigenvalue weighted by molar-refractivity contribution is 0.287. The molecule has 4 aromatic rings. The monoisotopic (exact) mass is 603 g/mol. The maximum absolute atomic E-state index is 14.0. The topological polar surface area (TPSA) is 46.6 Å². The van der Waals surface area contributed by atoms with E-state index >= 15 is 0 Å². The SMILES string of the molecule is CCC(C)(C)c1ccc(OCCCCN(Cc2ccc(F)cc2)S(=O)(=O)c2cccc3ccccc23)c(C(C)(C)CC)c1. The molecule has 43 heavy (non-hydrogen) atoms. The standard InChI is InChI=1S/C37H46FNO3S/c1-7-36(3,4)30-20-23-34(33(26-30)37(5,6)8-2)42-25-12-11-24-39(27-28-18-21-31(38)22-19-28)43(40,41)35-17-13-15-29-14-9-10-16-32(29)35/h9-10,13-23,26H,7-8,11-12,24-25,27H2,1-6H3. The van der Waals surface area contributed by atoms with Crippen molar-refractivity contribution in [2.75, 3.05) is 13.2 Å². The van der Waals surface area contributed by atoms with Crippen molar-refractivity contribution in [2.24, 2.45) is 0 Å². The van der Waals surface area contributed by atoms with Gasteiger partial charge in [-0.3, -0.25) is 0 Å². The zero-order valence-corrected chi connectivity index (χ0v) is 27.3. The molecule has 0 bridgehead atoms. The number of sulfonamides is 1. The third-order valence-electron chi connectivity index (χ3n) is 8.96. The summed E-state index contributed by atoms with van der Waals surface area (Å²) in [5, 5.41) is 1.57. The van der Waals surface area contributed by atoms with Crippen LogP contribution in [0, 0.1) is 5.82 Å². The molecule has 0 unspecified atom stereocenters. The van der Waals surface area contributed by atoms with Gasteiger partial charge >= 0.3 is 0 Å². The minimum absolute atomic E-state index is 0.0341. The van der Waals surface area contributed by atoms with Crippen molar-refractivity contribution in [3.05, 3.63) is 107 Å². The molecule has 6 heteroatoms. The maximum atomic E-state index is 14.0. The predicted molar refractivity (Wildman–Crippen MR) is 176 cm³/mol. The average Bonchev–Trinajstić information content (AvgIpc) is 3.00. The van der Waals surface area contributed by atoms with E-state index < -0.39 is 10.0 Å². The first-order chi connectivity index (χ1) is 20.4. The Labute approximate surface area is 258 Å². The molecule has 0 saturated heterocycles. The molecule has 0 aromatic heterocycles. The lowest BCUT2D eigenvalue weighted by atomic mass is 9.76. The molecule has 0 atom stereocenters. The fourth-order valence-corrected chi connectivity index (χ4v) is 6.89. The highest BCUT2D eigenvalue weighted by atomic mass is 32.2. The van der Waals surface area contributed by atoms with Crippen LogP contribution in [-0.2, 0) is 27.4 Å². The fourth-order valence-electron chi connectivity index (χ4n) is 5.21. The molecule has 230 valence electrons. The van der Waals surface area contributed by atoms with Gasteiger partial charge in [0.1, 0.15) is 11.6 Å². The highest BCUT2D eigenvalue weighted by Crippen LogP contribution is 2.38. The molecule has 4 nitrogen and oxygen atoms in total. The molecule has 4 rings (SSSR count). The minimum atomic E-state index is -3.83. The van der Waals surface area contributed by atoms with E-state index in [-0.39, 0.29) is 28.1 Å². The van der Waals surface area contributed by atoms with E-state index in [0.29, 0.717) is 31.4 Å². The first-order valence-corrected chi connectivity index (χ1v) is 16.8. The van der Waals surface area contributed by atoms with E-state index in [4.69, 9.17) is 4.74 Å². The van der Waals surface area contributed by atoms with E-state index in [1.165, 1.54) is 27.6 Å². The number of hydrogen-bond acceptors (Lipinski definition) is 3. The molecule has 0 saturated carbocycles. The highest BCUT2D eigenvalue weighted by Gasteiger charge is 2.28. The summed E-state index contributed by atoms with van der Waals surface area (Å²) in [7, 11) is -3.83. The summed E-state index contributed by atoms with van der Waals surface area (Å²) >= 11 is 0. The lowest BCUT2D eigenvalue weighted by Gasteiger charge is -2.30. The van der Waals surface area contributed by atoms with Crippen molar-refractivity contribution in [3.63, 3.8) is 0 Å². The van der Waals surface area contributed by atoms with Crippen molar-refractivity contribution in [1.82, 2.24) is 4.31 Å². The zero-order valence-electron chi connectivity index (χ0n) is 26.5. The second-order valence-corrected chi connectivity index (χ2v) is 14.6. The van der Waals surface area contributed by atoms with Gasteiger partial charge in [-0.05, 0) is 77.3 Å². The Hall–Kier alpha value is -3.22. The molecule has 0 aliphatic rings. The van der Waals surface area contributed by atoms with Crippen molar-refractivity contribution in [1.29, 1.82) is 0 Å². The van der Waals surface area contributed by atoms with Crippen LogP contribution >= 0.6 is 0 Å². The van der Waals surface area contributed by atoms with Crippen LogP contribution in [0.4, 0.5) is 4.39 Å². The summed E-state index contributed by atoms with van der Waals surface area (Å²) in [6.45, 7) is 14.4. The van der Waals surface area contributed by atoms with Crippen molar-refractivity contribution in [2.45, 2.75) is 89.5 Å². The van der Waals surface area contributed by atoms with Crippen molar-refractivity contribution >= 4 is 20.8 Å². The normalized spacial score (nSPS) is 12.7. The zero-order chi connectivity index (χ0) is 31.3. The van der Waals surface area contributed by atoms with E-state index in [9.17, 15) is 12.8 Å². The van der Waals surface area contributed by atoms with Crippen LogP contribution in [-0.4, -0.2) is 25.9 Å². The van der Waals surface area contributed by atoms with Gasteiger partial charge in [0, 0.05) is 24.0 Å². The van der Waals surface area contributed by atoms with Gasteiger partial charge < -0.3 is 4.74 Å². The molecule has 0 radical (unpaired) electrons. The van der Waals surface area contributed by atoms with Gasteiger partial charge in [0.15, 0.2) is 0 Å². The van der Waals surface area contributed by atoms with Gasteiger partial charge in [0.25, 0.3) is 0 Å². The molecular formula is C37H46FNO3S. The predicted octanol–water partition coefficient (Wildman–Crippen LogP) is 9.40. The van der Waals surface area contributed by atoms with Gasteiger partial charge in [0.2, 0.25) is 10.0 Å². The summed E-state index contributed by atoms with van der Waals surface area (Å²) in [5.74, 6) is 0.551. The van der Waals surface area contributed by atoms with E-state index in [2.05, 4.69) is 59.7 Å². The number of halogens is 1. The minimum Gasteiger partial charge on any atom is -0.493 e. The Balaban J connectivity index is 1.52. The smallest absolute Gasteiger partial charge is 0.243 e. The van der Waals surface area contributed by atoms with E-state index in [1.807, 2.05) is 30.3 Å². The Kier molecular flexibility index (Phi) is 10.3. The Bertz CT molecular complexity index is 1620. The number of hydrogen-bond donors (Lipinski definition) is 0. The summed E-state index contributed by atoms with van der Waals surface area (Å²) < 4.78 is 49.6. The molecular weight excluding hydrogens is 557 g/mol. The molecule has 0 aliphatic carbocycles. The Morgan fingerprint density at radius 1 is 0.791 bits per heavy atom.